The molecule has 23 heavy (non-hydrogen) atoms. The minimum atomic E-state index is -0.296. The van der Waals surface area contributed by atoms with E-state index in [2.05, 4.69) is 20.6 Å². The van der Waals surface area contributed by atoms with Crippen LogP contribution in [-0.4, -0.2) is 36.1 Å². The number of nitrogens with zero attached hydrogens (tertiary/aromatic N) is 2. The van der Waals surface area contributed by atoms with Gasteiger partial charge in [-0.2, -0.15) is 0 Å². The molecule has 0 atom stereocenters. The number of methoxy groups -OCH3 is 1. The molecule has 6 nitrogen and oxygen atoms in total. The van der Waals surface area contributed by atoms with Crippen molar-refractivity contribution >= 4 is 29.1 Å². The molecule has 2 aromatic rings. The highest BCUT2D eigenvalue weighted by Crippen LogP contribution is 2.20. The lowest BCUT2D eigenvalue weighted by atomic mass is 10.2. The number of halogens is 1. The maximum absolute atomic E-state index is 12.4. The van der Waals surface area contributed by atoms with Crippen LogP contribution in [0.5, 0.6) is 0 Å². The number of benzene rings is 1. The molecule has 0 saturated carbocycles. The number of carbonyl (C=O) groups is 1. The van der Waals surface area contributed by atoms with E-state index in [1.54, 1.807) is 31.4 Å². The van der Waals surface area contributed by atoms with Gasteiger partial charge in [0.15, 0.2) is 0 Å². The Bertz CT molecular complexity index is 706. The molecule has 0 aliphatic rings. The van der Waals surface area contributed by atoms with Gasteiger partial charge < -0.3 is 15.4 Å². The van der Waals surface area contributed by atoms with Crippen LogP contribution in [0.2, 0.25) is 5.02 Å². The van der Waals surface area contributed by atoms with Crippen molar-refractivity contribution in [3.63, 3.8) is 0 Å². The summed E-state index contributed by atoms with van der Waals surface area (Å²) >= 11 is 5.92. The van der Waals surface area contributed by atoms with Crippen LogP contribution in [0.3, 0.4) is 0 Å². The van der Waals surface area contributed by atoms with Crippen molar-refractivity contribution in [2.24, 2.45) is 0 Å². The van der Waals surface area contributed by atoms with Crippen molar-refractivity contribution < 1.29 is 9.53 Å². The Balaban J connectivity index is 2.15. The van der Waals surface area contributed by atoms with Gasteiger partial charge in [-0.15, -0.1) is 0 Å². The van der Waals surface area contributed by atoms with Gasteiger partial charge in [-0.05, 0) is 43.7 Å². The Morgan fingerprint density at radius 1 is 1.26 bits per heavy atom. The summed E-state index contributed by atoms with van der Waals surface area (Å²) in [7, 11) is 1.62. The average Bonchev–Trinajstić information content (AvgIpc) is 2.50. The van der Waals surface area contributed by atoms with Crippen LogP contribution in [0.1, 0.15) is 21.7 Å². The topological polar surface area (TPSA) is 76.1 Å². The lowest BCUT2D eigenvalue weighted by molar-refractivity contribution is 0.102. The molecule has 0 aliphatic heterocycles. The zero-order valence-electron chi connectivity index (χ0n) is 13.3. The first-order valence-electron chi connectivity index (χ1n) is 7.15. The second-order valence-corrected chi connectivity index (χ2v) is 5.49. The summed E-state index contributed by atoms with van der Waals surface area (Å²) in [6.07, 6.45) is 0. The Morgan fingerprint density at radius 2 is 2.04 bits per heavy atom. The SMILES string of the molecule is COCCNc1nc(C)cc(C(=O)Nc2ccc(Cl)cc2C)n1. The van der Waals surface area contributed by atoms with Gasteiger partial charge in [0.25, 0.3) is 5.91 Å². The zero-order chi connectivity index (χ0) is 16.8. The molecule has 0 spiro atoms. The standard InChI is InChI=1S/C16H19ClN4O2/c1-10-8-12(17)4-5-13(10)20-15(22)14-9-11(2)19-16(21-14)18-6-7-23-3/h4-5,8-9H,6-7H2,1-3H3,(H,20,22)(H,18,19,21). The van der Waals surface area contributed by atoms with Crippen LogP contribution < -0.4 is 10.6 Å². The number of anilines is 2. The van der Waals surface area contributed by atoms with Gasteiger partial charge in [0.05, 0.1) is 6.61 Å². The van der Waals surface area contributed by atoms with E-state index in [0.29, 0.717) is 41.2 Å². The predicted molar refractivity (Wildman–Crippen MR) is 91.3 cm³/mol. The van der Waals surface area contributed by atoms with Gasteiger partial charge in [0.2, 0.25) is 5.95 Å². The monoisotopic (exact) mass is 334 g/mol. The smallest absolute Gasteiger partial charge is 0.274 e. The molecule has 1 aromatic carbocycles. The number of hydrogen-bond acceptors (Lipinski definition) is 5. The summed E-state index contributed by atoms with van der Waals surface area (Å²) in [5.74, 6) is 0.107. The fourth-order valence-corrected chi connectivity index (χ4v) is 2.21. The maximum Gasteiger partial charge on any atom is 0.274 e. The molecule has 0 saturated heterocycles. The van der Waals surface area contributed by atoms with E-state index < -0.39 is 0 Å². The number of rotatable bonds is 6. The molecule has 0 aliphatic carbocycles. The Kier molecular flexibility index (Phi) is 5.90. The molecule has 7 heteroatoms. The van der Waals surface area contributed by atoms with Crippen LogP contribution in [-0.2, 0) is 4.74 Å². The number of aromatic nitrogens is 2. The van der Waals surface area contributed by atoms with E-state index in [-0.39, 0.29) is 5.91 Å². The van der Waals surface area contributed by atoms with Gasteiger partial charge in [-0.1, -0.05) is 11.6 Å². The largest absolute Gasteiger partial charge is 0.383 e. The summed E-state index contributed by atoms with van der Waals surface area (Å²) in [6, 6.07) is 6.93. The molecule has 122 valence electrons. The van der Waals surface area contributed by atoms with Crippen molar-refractivity contribution in [3.05, 3.63) is 46.2 Å². The minimum absolute atomic E-state index is 0.296. The third-order valence-corrected chi connectivity index (χ3v) is 3.35. The Hall–Kier alpha value is -2.18. The predicted octanol–water partition coefficient (Wildman–Crippen LogP) is 3.06. The van der Waals surface area contributed by atoms with Crippen LogP contribution in [0, 0.1) is 13.8 Å². The lowest BCUT2D eigenvalue weighted by Gasteiger charge is -2.10. The molecule has 0 unspecified atom stereocenters. The van der Waals surface area contributed by atoms with E-state index in [9.17, 15) is 4.79 Å². The first-order valence-corrected chi connectivity index (χ1v) is 7.53. The van der Waals surface area contributed by atoms with Crippen molar-refractivity contribution in [1.82, 2.24) is 9.97 Å². The van der Waals surface area contributed by atoms with E-state index in [4.69, 9.17) is 16.3 Å². The lowest BCUT2D eigenvalue weighted by Crippen LogP contribution is -2.17. The minimum Gasteiger partial charge on any atom is -0.383 e. The summed E-state index contributed by atoms with van der Waals surface area (Å²) in [5, 5.41) is 6.48. The van der Waals surface area contributed by atoms with E-state index in [1.165, 1.54) is 0 Å². The van der Waals surface area contributed by atoms with Gasteiger partial charge in [-0.25, -0.2) is 9.97 Å². The van der Waals surface area contributed by atoms with Crippen LogP contribution in [0.4, 0.5) is 11.6 Å². The zero-order valence-corrected chi connectivity index (χ0v) is 14.1. The van der Waals surface area contributed by atoms with Gasteiger partial charge in [0, 0.05) is 30.1 Å². The molecule has 0 radical (unpaired) electrons. The third kappa shape index (κ3) is 4.91. The summed E-state index contributed by atoms with van der Waals surface area (Å²) in [4.78, 5) is 20.9. The highest BCUT2D eigenvalue weighted by molar-refractivity contribution is 6.30. The fourth-order valence-electron chi connectivity index (χ4n) is 1.98. The molecule has 2 N–H and O–H groups in total. The maximum atomic E-state index is 12.4. The summed E-state index contributed by atoms with van der Waals surface area (Å²) in [5.41, 5.74) is 2.59. The quantitative estimate of drug-likeness (QED) is 0.794. The normalized spacial score (nSPS) is 10.4. The average molecular weight is 335 g/mol. The van der Waals surface area contributed by atoms with Crippen LogP contribution in [0.25, 0.3) is 0 Å². The van der Waals surface area contributed by atoms with Gasteiger partial charge in [0.1, 0.15) is 5.69 Å². The Morgan fingerprint density at radius 3 is 2.74 bits per heavy atom. The number of hydrogen-bond donors (Lipinski definition) is 2. The molecule has 0 bridgehead atoms. The van der Waals surface area contributed by atoms with Crippen molar-refractivity contribution in [1.29, 1.82) is 0 Å². The number of aryl methyl sites for hydroxylation is 2. The molecular weight excluding hydrogens is 316 g/mol. The van der Waals surface area contributed by atoms with Crippen LogP contribution >= 0.6 is 11.6 Å². The summed E-state index contributed by atoms with van der Waals surface area (Å²) < 4.78 is 4.97. The van der Waals surface area contributed by atoms with E-state index in [1.807, 2.05) is 13.8 Å². The molecule has 0 fully saturated rings. The van der Waals surface area contributed by atoms with Gasteiger partial charge >= 0.3 is 0 Å². The third-order valence-electron chi connectivity index (χ3n) is 3.11. The molecule has 1 heterocycles. The number of ether oxygens (including phenoxy) is 1. The second-order valence-electron chi connectivity index (χ2n) is 5.05. The molecular formula is C16H19ClN4O2. The number of carbonyl (C=O) groups excluding carboxylic acids is 1. The van der Waals surface area contributed by atoms with E-state index in [0.717, 1.165) is 5.56 Å². The van der Waals surface area contributed by atoms with Crippen molar-refractivity contribution in [3.8, 4) is 0 Å². The first kappa shape index (κ1) is 17.2. The van der Waals surface area contributed by atoms with Crippen molar-refractivity contribution in [2.75, 3.05) is 30.9 Å². The second kappa shape index (κ2) is 7.89. The molecule has 2 rings (SSSR count). The van der Waals surface area contributed by atoms with Crippen LogP contribution in [0.15, 0.2) is 24.3 Å². The van der Waals surface area contributed by atoms with Crippen molar-refractivity contribution in [2.45, 2.75) is 13.8 Å². The fraction of sp³-hybridized carbons (Fsp3) is 0.312. The highest BCUT2D eigenvalue weighted by atomic mass is 35.5. The van der Waals surface area contributed by atoms with E-state index >= 15 is 0 Å². The summed E-state index contributed by atoms with van der Waals surface area (Å²) in [6.45, 7) is 4.79. The highest BCUT2D eigenvalue weighted by Gasteiger charge is 2.12. The van der Waals surface area contributed by atoms with Gasteiger partial charge in [-0.3, -0.25) is 4.79 Å². The number of nitrogens with one attached hydrogen (secondary N) is 2. The Labute approximate surface area is 140 Å². The molecule has 1 aromatic heterocycles. The number of amides is 1. The first-order chi connectivity index (χ1) is 11.0. The molecule has 1 amide bonds.